The number of halogens is 1. The number of nitrogens with one attached hydrogen (secondary N) is 1. The number of nitrogen functional groups attached to an aromatic ring is 1. The Bertz CT molecular complexity index is 866. The average molecular weight is 408 g/mol. The molecule has 1 aliphatic rings. The number of nitrogens with two attached hydrogens (primary N) is 1. The Morgan fingerprint density at radius 3 is 2.46 bits per heavy atom. The van der Waals surface area contributed by atoms with Crippen LogP contribution in [-0.2, 0) is 9.53 Å². The third-order valence-corrected chi connectivity index (χ3v) is 5.30. The highest BCUT2D eigenvalue weighted by atomic mass is 35.5. The van der Waals surface area contributed by atoms with Gasteiger partial charge in [0.05, 0.1) is 18.8 Å². The van der Waals surface area contributed by atoms with Crippen molar-refractivity contribution in [1.29, 1.82) is 5.41 Å². The number of aromatic nitrogens is 3. The molecule has 152 valence electrons. The lowest BCUT2D eigenvalue weighted by molar-refractivity contribution is -0.141. The van der Waals surface area contributed by atoms with Gasteiger partial charge in [0, 0.05) is 12.0 Å². The van der Waals surface area contributed by atoms with E-state index in [1.807, 2.05) is 0 Å². The number of nitrogens with zero attached hydrogens (tertiary/aromatic N) is 3. The molecule has 1 aromatic heterocycles. The highest BCUT2D eigenvalue weighted by Gasteiger charge is 2.25. The lowest BCUT2D eigenvalue weighted by Gasteiger charge is -2.27. The van der Waals surface area contributed by atoms with Crippen LogP contribution in [0.5, 0.6) is 0 Å². The predicted octanol–water partition coefficient (Wildman–Crippen LogP) is 2.42. The Hall–Kier alpha value is -2.61. The minimum Gasteiger partial charge on any atom is -0.469 e. The van der Waals surface area contributed by atoms with Crippen LogP contribution in [0.2, 0.25) is 0 Å². The van der Waals surface area contributed by atoms with E-state index in [0.717, 1.165) is 32.1 Å². The first-order valence-corrected chi connectivity index (χ1v) is 9.17. The van der Waals surface area contributed by atoms with Crippen molar-refractivity contribution in [2.24, 2.45) is 11.7 Å². The summed E-state index contributed by atoms with van der Waals surface area (Å²) in [6.07, 6.45) is 6.55. The molecule has 0 bridgehead atoms. The van der Waals surface area contributed by atoms with Gasteiger partial charge in [-0.25, -0.2) is 14.0 Å². The third-order valence-electron chi connectivity index (χ3n) is 5.30. The maximum Gasteiger partial charge on any atom is 0.350 e. The number of benzene rings is 1. The second-order valence-corrected chi connectivity index (χ2v) is 6.98. The van der Waals surface area contributed by atoms with Crippen molar-refractivity contribution >= 4 is 24.2 Å². The van der Waals surface area contributed by atoms with Gasteiger partial charge in [0.1, 0.15) is 12.2 Å². The van der Waals surface area contributed by atoms with Gasteiger partial charge in [0.15, 0.2) is 0 Å². The van der Waals surface area contributed by atoms with Crippen molar-refractivity contribution in [3.8, 4) is 5.69 Å². The minimum absolute atomic E-state index is 0. The second kappa shape index (κ2) is 9.54. The molecule has 1 heterocycles. The van der Waals surface area contributed by atoms with E-state index in [4.69, 9.17) is 15.9 Å². The zero-order valence-corrected chi connectivity index (χ0v) is 16.7. The van der Waals surface area contributed by atoms with Crippen molar-refractivity contribution in [1.82, 2.24) is 14.3 Å². The summed E-state index contributed by atoms with van der Waals surface area (Å²) in [5, 5.41) is 11.8. The zero-order valence-electron chi connectivity index (χ0n) is 15.8. The SMILES string of the molecule is COC(=O)CC[C@H]1CC[C@H](n2ncn(-c3ccc(C(=N)N)cc3)c2=O)CC1.Cl. The highest BCUT2D eigenvalue weighted by molar-refractivity contribution is 5.95. The van der Waals surface area contributed by atoms with Gasteiger partial charge in [-0.15, -0.1) is 12.4 Å². The van der Waals surface area contributed by atoms with E-state index in [9.17, 15) is 9.59 Å². The van der Waals surface area contributed by atoms with Crippen LogP contribution in [0.3, 0.4) is 0 Å². The Labute approximate surface area is 169 Å². The smallest absolute Gasteiger partial charge is 0.350 e. The van der Waals surface area contributed by atoms with Gasteiger partial charge in [0.25, 0.3) is 0 Å². The first kappa shape index (κ1) is 21.7. The van der Waals surface area contributed by atoms with Crippen LogP contribution in [0.15, 0.2) is 35.4 Å². The van der Waals surface area contributed by atoms with Crippen molar-refractivity contribution in [3.63, 3.8) is 0 Å². The Kier molecular flexibility index (Phi) is 7.39. The molecular formula is C19H26ClN5O3. The van der Waals surface area contributed by atoms with Crippen LogP contribution >= 0.6 is 12.4 Å². The molecule has 28 heavy (non-hydrogen) atoms. The van der Waals surface area contributed by atoms with E-state index in [0.29, 0.717) is 23.6 Å². The molecule has 3 rings (SSSR count). The minimum atomic E-state index is -0.164. The number of ether oxygens (including phenoxy) is 1. The molecule has 1 saturated carbocycles. The van der Waals surface area contributed by atoms with Crippen LogP contribution in [0, 0.1) is 11.3 Å². The van der Waals surface area contributed by atoms with Crippen molar-refractivity contribution in [2.75, 3.05) is 7.11 Å². The molecule has 0 aliphatic heterocycles. The first-order valence-electron chi connectivity index (χ1n) is 9.17. The third kappa shape index (κ3) is 4.81. The molecule has 1 fully saturated rings. The van der Waals surface area contributed by atoms with Gasteiger partial charge in [-0.3, -0.25) is 10.2 Å². The molecule has 2 aromatic rings. The molecule has 0 atom stereocenters. The van der Waals surface area contributed by atoms with E-state index in [1.54, 1.807) is 28.9 Å². The fourth-order valence-electron chi connectivity index (χ4n) is 3.65. The van der Waals surface area contributed by atoms with Crippen LogP contribution in [-0.4, -0.2) is 33.3 Å². The quantitative estimate of drug-likeness (QED) is 0.433. The highest BCUT2D eigenvalue weighted by Crippen LogP contribution is 2.33. The fraction of sp³-hybridized carbons (Fsp3) is 0.474. The van der Waals surface area contributed by atoms with Gasteiger partial charge in [0.2, 0.25) is 0 Å². The van der Waals surface area contributed by atoms with E-state index >= 15 is 0 Å². The van der Waals surface area contributed by atoms with Crippen LogP contribution in [0.25, 0.3) is 5.69 Å². The number of hydrogen-bond donors (Lipinski definition) is 2. The summed E-state index contributed by atoms with van der Waals surface area (Å²) in [6, 6.07) is 7.04. The molecular weight excluding hydrogens is 382 g/mol. The van der Waals surface area contributed by atoms with E-state index in [1.165, 1.54) is 18.0 Å². The average Bonchev–Trinajstić information content (AvgIpc) is 3.08. The summed E-state index contributed by atoms with van der Waals surface area (Å²) in [5.74, 6) is 0.327. The number of hydrogen-bond acceptors (Lipinski definition) is 5. The molecule has 0 amide bonds. The molecule has 3 N–H and O–H groups in total. The van der Waals surface area contributed by atoms with Crippen LogP contribution < -0.4 is 11.4 Å². The molecule has 0 unspecified atom stereocenters. The van der Waals surface area contributed by atoms with Crippen molar-refractivity contribution in [3.05, 3.63) is 46.6 Å². The Balaban J connectivity index is 0.00000280. The molecule has 8 nitrogen and oxygen atoms in total. The molecule has 0 saturated heterocycles. The van der Waals surface area contributed by atoms with E-state index < -0.39 is 0 Å². The maximum atomic E-state index is 12.8. The predicted molar refractivity (Wildman–Crippen MR) is 108 cm³/mol. The summed E-state index contributed by atoms with van der Waals surface area (Å²) in [7, 11) is 1.41. The number of esters is 1. The largest absolute Gasteiger partial charge is 0.469 e. The second-order valence-electron chi connectivity index (χ2n) is 6.98. The molecule has 1 aliphatic carbocycles. The van der Waals surface area contributed by atoms with Crippen LogP contribution in [0.4, 0.5) is 0 Å². The monoisotopic (exact) mass is 407 g/mol. The molecule has 0 radical (unpaired) electrons. The number of carbonyl (C=O) groups is 1. The van der Waals surface area contributed by atoms with Gasteiger partial charge in [-0.05, 0) is 62.3 Å². The van der Waals surface area contributed by atoms with E-state index in [-0.39, 0.29) is 35.9 Å². The zero-order chi connectivity index (χ0) is 19.4. The molecule has 0 spiro atoms. The number of amidine groups is 1. The van der Waals surface area contributed by atoms with Gasteiger partial charge in [-0.2, -0.15) is 5.10 Å². The summed E-state index contributed by atoms with van der Waals surface area (Å²) in [4.78, 5) is 24.0. The Morgan fingerprint density at radius 2 is 1.89 bits per heavy atom. The summed E-state index contributed by atoms with van der Waals surface area (Å²) in [5.41, 5.74) is 6.61. The van der Waals surface area contributed by atoms with Gasteiger partial charge >= 0.3 is 11.7 Å². The normalized spacial score (nSPS) is 18.9. The van der Waals surface area contributed by atoms with Crippen LogP contribution in [0.1, 0.15) is 50.1 Å². The number of carbonyl (C=O) groups excluding carboxylic acids is 1. The van der Waals surface area contributed by atoms with E-state index in [2.05, 4.69) is 5.10 Å². The Morgan fingerprint density at radius 1 is 1.25 bits per heavy atom. The van der Waals surface area contributed by atoms with Crippen molar-refractivity contribution in [2.45, 2.75) is 44.6 Å². The molecule has 9 heteroatoms. The van der Waals surface area contributed by atoms with Crippen molar-refractivity contribution < 1.29 is 9.53 Å². The lowest BCUT2D eigenvalue weighted by Crippen LogP contribution is -2.30. The summed E-state index contributed by atoms with van der Waals surface area (Å²) >= 11 is 0. The standard InChI is InChI=1S/C19H25N5O3.ClH/c1-27-17(25)11-4-13-2-7-16(8-3-13)24-19(26)23(12-22-24)15-9-5-14(6-10-15)18(20)21;/h5-6,9-10,12-13,16H,2-4,7-8,11H2,1H3,(H3,20,21);1H/t13-,16-;. The fourth-order valence-corrected chi connectivity index (χ4v) is 3.65. The van der Waals surface area contributed by atoms with Gasteiger partial charge < -0.3 is 10.5 Å². The summed E-state index contributed by atoms with van der Waals surface area (Å²) < 4.78 is 7.77. The molecule has 1 aromatic carbocycles. The summed E-state index contributed by atoms with van der Waals surface area (Å²) in [6.45, 7) is 0. The number of rotatable bonds is 6. The first-order chi connectivity index (χ1) is 13.0. The topological polar surface area (TPSA) is 116 Å². The van der Waals surface area contributed by atoms with Gasteiger partial charge in [-0.1, -0.05) is 0 Å². The number of methoxy groups -OCH3 is 1. The maximum absolute atomic E-state index is 12.8. The lowest BCUT2D eigenvalue weighted by atomic mass is 9.83.